The van der Waals surface area contributed by atoms with Crippen LogP contribution >= 0.6 is 11.6 Å². The minimum absolute atomic E-state index is 0.0203. The number of halogens is 1. The highest BCUT2D eigenvalue weighted by molar-refractivity contribution is 6.30. The molecule has 102 valence electrons. The van der Waals surface area contributed by atoms with Crippen LogP contribution in [0.3, 0.4) is 0 Å². The third-order valence-corrected chi connectivity index (χ3v) is 5.15. The van der Waals surface area contributed by atoms with Crippen molar-refractivity contribution in [3.05, 3.63) is 34.9 Å². The van der Waals surface area contributed by atoms with Gasteiger partial charge in [-0.3, -0.25) is 4.79 Å². The summed E-state index contributed by atoms with van der Waals surface area (Å²) in [4.78, 5) is 12.2. The van der Waals surface area contributed by atoms with Crippen LogP contribution in [-0.2, 0) is 0 Å². The number of fused-ring (bicyclic) bond motifs is 2. The van der Waals surface area contributed by atoms with E-state index in [0.717, 1.165) is 11.8 Å². The molecule has 1 N–H and O–H groups in total. The molecule has 0 aliphatic heterocycles. The summed E-state index contributed by atoms with van der Waals surface area (Å²) in [6.07, 6.45) is 5.44. The molecule has 3 rings (SSSR count). The topological polar surface area (TPSA) is 29.1 Å². The maximum Gasteiger partial charge on any atom is 0.251 e. The van der Waals surface area contributed by atoms with Gasteiger partial charge in [0.15, 0.2) is 0 Å². The van der Waals surface area contributed by atoms with Crippen LogP contribution in [0.15, 0.2) is 24.3 Å². The molecule has 0 radical (unpaired) electrons. The molecule has 3 heteroatoms. The molecule has 2 fully saturated rings. The summed E-state index contributed by atoms with van der Waals surface area (Å²) < 4.78 is 0. The minimum atomic E-state index is 0.0203. The second kappa shape index (κ2) is 5.16. The average Bonchev–Trinajstić information content (AvgIpc) is 3.01. The Bertz CT molecular complexity index is 470. The van der Waals surface area contributed by atoms with E-state index in [1.54, 1.807) is 24.3 Å². The lowest BCUT2D eigenvalue weighted by Crippen LogP contribution is -2.40. The van der Waals surface area contributed by atoms with E-state index in [0.29, 0.717) is 16.5 Å². The highest BCUT2D eigenvalue weighted by Gasteiger charge is 2.42. The van der Waals surface area contributed by atoms with Crippen LogP contribution < -0.4 is 5.32 Å². The van der Waals surface area contributed by atoms with Crippen LogP contribution in [0.1, 0.15) is 43.0 Å². The number of carbonyl (C=O) groups excluding carboxylic acids is 1. The molecule has 0 unspecified atom stereocenters. The Morgan fingerprint density at radius 3 is 2.58 bits per heavy atom. The Morgan fingerprint density at radius 1 is 1.26 bits per heavy atom. The molecule has 2 saturated carbocycles. The van der Waals surface area contributed by atoms with Crippen LogP contribution in [-0.4, -0.2) is 11.9 Å². The molecule has 1 aromatic carbocycles. The van der Waals surface area contributed by atoms with E-state index in [9.17, 15) is 4.79 Å². The van der Waals surface area contributed by atoms with Gasteiger partial charge in [0.1, 0.15) is 0 Å². The van der Waals surface area contributed by atoms with Crippen LogP contribution in [0.2, 0.25) is 5.02 Å². The van der Waals surface area contributed by atoms with Gasteiger partial charge in [-0.2, -0.15) is 0 Å². The molecule has 2 aliphatic carbocycles. The number of rotatable bonds is 3. The molecule has 19 heavy (non-hydrogen) atoms. The molecule has 0 heterocycles. The maximum atomic E-state index is 12.2. The summed E-state index contributed by atoms with van der Waals surface area (Å²) in [5.41, 5.74) is 0.694. The van der Waals surface area contributed by atoms with Crippen molar-refractivity contribution < 1.29 is 4.79 Å². The second-order valence-corrected chi connectivity index (χ2v) is 6.54. The number of benzene rings is 1. The summed E-state index contributed by atoms with van der Waals surface area (Å²) in [5, 5.41) is 3.82. The van der Waals surface area contributed by atoms with Crippen LogP contribution in [0.4, 0.5) is 0 Å². The van der Waals surface area contributed by atoms with Crippen molar-refractivity contribution in [1.82, 2.24) is 5.32 Å². The molecule has 4 atom stereocenters. The third kappa shape index (κ3) is 2.64. The SMILES string of the molecule is C[C@@H](NC(=O)c1ccc(Cl)cc1)[C@H]1C[C@@H]2CC[C@H]1C2. The number of nitrogens with one attached hydrogen (secondary N) is 1. The predicted molar refractivity (Wildman–Crippen MR) is 77.3 cm³/mol. The zero-order chi connectivity index (χ0) is 13.4. The maximum absolute atomic E-state index is 12.2. The molecule has 1 aromatic rings. The molecule has 1 amide bonds. The first-order valence-corrected chi connectivity index (χ1v) is 7.57. The zero-order valence-corrected chi connectivity index (χ0v) is 12.0. The van der Waals surface area contributed by atoms with Crippen LogP contribution in [0.25, 0.3) is 0 Å². The quantitative estimate of drug-likeness (QED) is 0.892. The third-order valence-electron chi connectivity index (χ3n) is 4.90. The number of carbonyl (C=O) groups is 1. The molecular formula is C16H20ClNO. The Labute approximate surface area is 119 Å². The van der Waals surface area contributed by atoms with E-state index in [1.165, 1.54) is 25.7 Å². The minimum Gasteiger partial charge on any atom is -0.349 e. The van der Waals surface area contributed by atoms with E-state index in [2.05, 4.69) is 12.2 Å². The Hall–Kier alpha value is -1.02. The van der Waals surface area contributed by atoms with Crippen LogP contribution in [0, 0.1) is 17.8 Å². The van der Waals surface area contributed by atoms with E-state index in [-0.39, 0.29) is 11.9 Å². The van der Waals surface area contributed by atoms with E-state index in [4.69, 9.17) is 11.6 Å². The van der Waals surface area contributed by atoms with E-state index >= 15 is 0 Å². The molecular weight excluding hydrogens is 258 g/mol. The van der Waals surface area contributed by atoms with Gasteiger partial charge in [-0.05, 0) is 68.2 Å². The van der Waals surface area contributed by atoms with Gasteiger partial charge < -0.3 is 5.32 Å². The Kier molecular flexibility index (Phi) is 3.53. The molecule has 2 bridgehead atoms. The molecule has 0 spiro atoms. The first-order chi connectivity index (χ1) is 9.13. The van der Waals surface area contributed by atoms with E-state index < -0.39 is 0 Å². The number of hydrogen-bond acceptors (Lipinski definition) is 1. The summed E-state index contributed by atoms with van der Waals surface area (Å²) in [6.45, 7) is 2.15. The normalized spacial score (nSPS) is 30.3. The van der Waals surface area contributed by atoms with Gasteiger partial charge in [0.25, 0.3) is 5.91 Å². The highest BCUT2D eigenvalue weighted by Crippen LogP contribution is 2.49. The largest absolute Gasteiger partial charge is 0.349 e. The first-order valence-electron chi connectivity index (χ1n) is 7.20. The van der Waals surface area contributed by atoms with E-state index in [1.807, 2.05) is 0 Å². The van der Waals surface area contributed by atoms with Crippen molar-refractivity contribution in [3.63, 3.8) is 0 Å². The smallest absolute Gasteiger partial charge is 0.251 e. The lowest BCUT2D eigenvalue weighted by Gasteiger charge is -2.28. The molecule has 2 aliphatic rings. The van der Waals surface area contributed by atoms with Crippen molar-refractivity contribution in [2.75, 3.05) is 0 Å². The van der Waals surface area contributed by atoms with Gasteiger partial charge in [-0.25, -0.2) is 0 Å². The predicted octanol–water partition coefficient (Wildman–Crippen LogP) is 3.89. The highest BCUT2D eigenvalue weighted by atomic mass is 35.5. The van der Waals surface area contributed by atoms with Crippen molar-refractivity contribution in [3.8, 4) is 0 Å². The van der Waals surface area contributed by atoms with Gasteiger partial charge in [0.05, 0.1) is 0 Å². The fourth-order valence-corrected chi connectivity index (χ4v) is 4.03. The van der Waals surface area contributed by atoms with Crippen LogP contribution in [0.5, 0.6) is 0 Å². The van der Waals surface area contributed by atoms with Crippen molar-refractivity contribution >= 4 is 17.5 Å². The van der Waals surface area contributed by atoms with Gasteiger partial charge in [-0.1, -0.05) is 18.0 Å². The first kappa shape index (κ1) is 13.0. The second-order valence-electron chi connectivity index (χ2n) is 6.11. The van der Waals surface area contributed by atoms with Gasteiger partial charge in [0.2, 0.25) is 0 Å². The fraction of sp³-hybridized carbons (Fsp3) is 0.562. The Morgan fingerprint density at radius 2 is 2.00 bits per heavy atom. The van der Waals surface area contributed by atoms with Crippen molar-refractivity contribution in [2.45, 2.75) is 38.6 Å². The lowest BCUT2D eigenvalue weighted by atomic mass is 9.84. The molecule has 0 saturated heterocycles. The monoisotopic (exact) mass is 277 g/mol. The zero-order valence-electron chi connectivity index (χ0n) is 11.2. The van der Waals surface area contributed by atoms with Crippen molar-refractivity contribution in [2.24, 2.45) is 17.8 Å². The average molecular weight is 278 g/mol. The molecule has 2 nitrogen and oxygen atoms in total. The lowest BCUT2D eigenvalue weighted by molar-refractivity contribution is 0.0915. The standard InChI is InChI=1S/C16H20ClNO/c1-10(15-9-11-2-3-13(15)8-11)18-16(19)12-4-6-14(17)7-5-12/h4-7,10-11,13,15H,2-3,8-9H2,1H3,(H,18,19)/t10-,11-,13+,15-/m1/s1. The summed E-state index contributed by atoms with van der Waals surface area (Å²) in [5.74, 6) is 2.46. The molecule has 0 aromatic heterocycles. The summed E-state index contributed by atoms with van der Waals surface area (Å²) >= 11 is 5.84. The number of amides is 1. The number of hydrogen-bond donors (Lipinski definition) is 1. The van der Waals surface area contributed by atoms with Gasteiger partial charge >= 0.3 is 0 Å². The summed E-state index contributed by atoms with van der Waals surface area (Å²) in [6, 6.07) is 7.37. The summed E-state index contributed by atoms with van der Waals surface area (Å²) in [7, 11) is 0. The van der Waals surface area contributed by atoms with Gasteiger partial charge in [-0.15, -0.1) is 0 Å². The van der Waals surface area contributed by atoms with Crippen molar-refractivity contribution in [1.29, 1.82) is 0 Å². The Balaban J connectivity index is 1.61. The van der Waals surface area contributed by atoms with Gasteiger partial charge in [0, 0.05) is 16.6 Å². The fourth-order valence-electron chi connectivity index (χ4n) is 3.90.